The van der Waals surface area contributed by atoms with Crippen molar-refractivity contribution < 1.29 is 4.92 Å². The number of thiazole rings is 1. The Balaban J connectivity index is 2.26. The van der Waals surface area contributed by atoms with Crippen LogP contribution in [0.1, 0.15) is 0 Å². The van der Waals surface area contributed by atoms with E-state index in [1.54, 1.807) is 12.3 Å². The van der Waals surface area contributed by atoms with Crippen molar-refractivity contribution in [3.05, 3.63) is 39.9 Å². The number of nitrogens with zero attached hydrogens (tertiary/aromatic N) is 2. The molecule has 82 valence electrons. The van der Waals surface area contributed by atoms with Crippen LogP contribution in [0, 0.1) is 10.1 Å². The SMILES string of the molecule is Nc1cc([N+](=O)[O-])ccc1Sc1nccs1. The number of non-ortho nitro benzene ring substituents is 1. The van der Waals surface area contributed by atoms with Crippen molar-refractivity contribution in [3.8, 4) is 0 Å². The molecule has 0 atom stereocenters. The maximum absolute atomic E-state index is 10.5. The van der Waals surface area contributed by atoms with Gasteiger partial charge in [-0.25, -0.2) is 4.98 Å². The van der Waals surface area contributed by atoms with E-state index in [2.05, 4.69) is 4.98 Å². The van der Waals surface area contributed by atoms with Crippen LogP contribution in [-0.2, 0) is 0 Å². The van der Waals surface area contributed by atoms with Crippen molar-refractivity contribution in [1.82, 2.24) is 4.98 Å². The highest BCUT2D eigenvalue weighted by atomic mass is 32.2. The van der Waals surface area contributed by atoms with Gasteiger partial charge in [0.1, 0.15) is 0 Å². The van der Waals surface area contributed by atoms with Crippen molar-refractivity contribution in [3.63, 3.8) is 0 Å². The van der Waals surface area contributed by atoms with Gasteiger partial charge in [0.05, 0.1) is 10.6 Å². The summed E-state index contributed by atoms with van der Waals surface area (Å²) in [7, 11) is 0. The van der Waals surface area contributed by atoms with Gasteiger partial charge in [0.25, 0.3) is 5.69 Å². The molecule has 0 aliphatic heterocycles. The van der Waals surface area contributed by atoms with Gasteiger partial charge in [-0.1, -0.05) is 11.8 Å². The number of anilines is 1. The number of hydrogen-bond donors (Lipinski definition) is 1. The van der Waals surface area contributed by atoms with Crippen LogP contribution in [0.5, 0.6) is 0 Å². The fourth-order valence-electron chi connectivity index (χ4n) is 1.10. The Labute approximate surface area is 99.5 Å². The molecule has 0 aliphatic carbocycles. The molecule has 0 unspecified atom stereocenters. The molecule has 16 heavy (non-hydrogen) atoms. The first kappa shape index (κ1) is 10.9. The van der Waals surface area contributed by atoms with Gasteiger partial charge in [-0.15, -0.1) is 11.3 Å². The Kier molecular flexibility index (Phi) is 3.07. The second-order valence-electron chi connectivity index (χ2n) is 2.88. The van der Waals surface area contributed by atoms with Gasteiger partial charge >= 0.3 is 0 Å². The largest absolute Gasteiger partial charge is 0.398 e. The van der Waals surface area contributed by atoms with E-state index in [1.807, 2.05) is 5.38 Å². The van der Waals surface area contributed by atoms with Crippen molar-refractivity contribution in [1.29, 1.82) is 0 Å². The van der Waals surface area contributed by atoms with Crippen molar-refractivity contribution in [2.75, 3.05) is 5.73 Å². The molecule has 0 fully saturated rings. The fraction of sp³-hybridized carbons (Fsp3) is 0. The third-order valence-electron chi connectivity index (χ3n) is 1.81. The lowest BCUT2D eigenvalue weighted by Gasteiger charge is -2.02. The van der Waals surface area contributed by atoms with Crippen molar-refractivity contribution in [2.24, 2.45) is 0 Å². The molecule has 1 aromatic carbocycles. The topological polar surface area (TPSA) is 82.0 Å². The molecule has 1 heterocycles. The summed E-state index contributed by atoms with van der Waals surface area (Å²) in [6.07, 6.45) is 1.70. The molecule has 2 aromatic rings. The van der Waals surface area contributed by atoms with Gasteiger partial charge in [-0.05, 0) is 6.07 Å². The highest BCUT2D eigenvalue weighted by Crippen LogP contribution is 2.34. The summed E-state index contributed by atoms with van der Waals surface area (Å²) in [5.74, 6) is 0. The number of aromatic nitrogens is 1. The van der Waals surface area contributed by atoms with Gasteiger partial charge in [-0.2, -0.15) is 0 Å². The third kappa shape index (κ3) is 2.31. The smallest absolute Gasteiger partial charge is 0.271 e. The molecule has 1 aromatic heterocycles. The van der Waals surface area contributed by atoms with E-state index in [4.69, 9.17) is 5.73 Å². The fourth-order valence-corrected chi connectivity index (χ4v) is 2.70. The summed E-state index contributed by atoms with van der Waals surface area (Å²) >= 11 is 2.90. The van der Waals surface area contributed by atoms with Crippen LogP contribution in [-0.4, -0.2) is 9.91 Å². The van der Waals surface area contributed by atoms with Gasteiger partial charge in [0.15, 0.2) is 4.34 Å². The van der Waals surface area contributed by atoms with E-state index in [9.17, 15) is 10.1 Å². The lowest BCUT2D eigenvalue weighted by molar-refractivity contribution is -0.384. The average Bonchev–Trinajstić information content (AvgIpc) is 2.73. The van der Waals surface area contributed by atoms with Crippen LogP contribution in [0.4, 0.5) is 11.4 Å². The van der Waals surface area contributed by atoms with Gasteiger partial charge in [0, 0.05) is 28.6 Å². The first-order valence-electron chi connectivity index (χ1n) is 4.28. The normalized spacial score (nSPS) is 10.2. The number of nitro benzene ring substituents is 1. The molecular formula is C9H7N3O2S2. The third-order valence-corrected chi connectivity index (χ3v) is 3.79. The highest BCUT2D eigenvalue weighted by molar-refractivity contribution is 8.01. The van der Waals surface area contributed by atoms with Crippen LogP contribution in [0.15, 0.2) is 39.0 Å². The zero-order chi connectivity index (χ0) is 11.5. The zero-order valence-corrected chi connectivity index (χ0v) is 9.62. The lowest BCUT2D eigenvalue weighted by atomic mass is 10.3. The average molecular weight is 253 g/mol. The molecule has 0 aliphatic rings. The molecule has 0 saturated carbocycles. The molecule has 5 nitrogen and oxygen atoms in total. The Hall–Kier alpha value is -1.60. The minimum Gasteiger partial charge on any atom is -0.398 e. The molecule has 0 saturated heterocycles. The number of hydrogen-bond acceptors (Lipinski definition) is 6. The van der Waals surface area contributed by atoms with Gasteiger partial charge in [-0.3, -0.25) is 10.1 Å². The second-order valence-corrected chi connectivity index (χ2v) is 5.06. The molecular weight excluding hydrogens is 246 g/mol. The number of benzene rings is 1. The first-order chi connectivity index (χ1) is 7.66. The predicted octanol–water partition coefficient (Wildman–Crippen LogP) is 2.78. The minimum absolute atomic E-state index is 0.000916. The Morgan fingerprint density at radius 2 is 2.31 bits per heavy atom. The highest BCUT2D eigenvalue weighted by Gasteiger charge is 2.10. The Morgan fingerprint density at radius 3 is 2.88 bits per heavy atom. The summed E-state index contributed by atoms with van der Waals surface area (Å²) in [6.45, 7) is 0. The quantitative estimate of drug-likeness (QED) is 0.516. The van der Waals surface area contributed by atoms with Crippen molar-refractivity contribution >= 4 is 34.5 Å². The summed E-state index contributed by atoms with van der Waals surface area (Å²) in [5, 5.41) is 12.4. The van der Waals surface area contributed by atoms with E-state index in [-0.39, 0.29) is 5.69 Å². The van der Waals surface area contributed by atoms with Crippen LogP contribution in [0.25, 0.3) is 0 Å². The molecule has 0 bridgehead atoms. The summed E-state index contributed by atoms with van der Waals surface area (Å²) in [4.78, 5) is 14.9. The van der Waals surface area contributed by atoms with E-state index < -0.39 is 4.92 Å². The van der Waals surface area contributed by atoms with Crippen LogP contribution >= 0.6 is 23.1 Å². The maximum Gasteiger partial charge on any atom is 0.271 e. The summed E-state index contributed by atoms with van der Waals surface area (Å²) in [6, 6.07) is 4.43. The van der Waals surface area contributed by atoms with E-state index in [0.29, 0.717) is 5.69 Å². The number of rotatable bonds is 3. The lowest BCUT2D eigenvalue weighted by Crippen LogP contribution is -1.92. The second kappa shape index (κ2) is 4.50. The van der Waals surface area contributed by atoms with Gasteiger partial charge < -0.3 is 5.73 Å². The Morgan fingerprint density at radius 1 is 1.50 bits per heavy atom. The van der Waals surface area contributed by atoms with Gasteiger partial charge in [0.2, 0.25) is 0 Å². The molecule has 2 rings (SSSR count). The first-order valence-corrected chi connectivity index (χ1v) is 5.97. The molecule has 0 amide bonds. The van der Waals surface area contributed by atoms with Crippen LogP contribution in [0.3, 0.4) is 0 Å². The molecule has 2 N–H and O–H groups in total. The Bertz CT molecular complexity index is 513. The van der Waals surface area contributed by atoms with Crippen LogP contribution < -0.4 is 5.73 Å². The zero-order valence-electron chi connectivity index (χ0n) is 7.99. The summed E-state index contributed by atoms with van der Waals surface area (Å²) < 4.78 is 0.862. The number of nitrogen functional groups attached to an aromatic ring is 1. The molecule has 0 spiro atoms. The number of nitro groups is 1. The standard InChI is InChI=1S/C9H7N3O2S2/c10-7-5-6(12(13)14)1-2-8(7)16-9-11-3-4-15-9/h1-5H,10H2. The monoisotopic (exact) mass is 253 g/mol. The maximum atomic E-state index is 10.5. The minimum atomic E-state index is -0.464. The molecule has 0 radical (unpaired) electrons. The van der Waals surface area contributed by atoms with E-state index >= 15 is 0 Å². The van der Waals surface area contributed by atoms with E-state index in [0.717, 1.165) is 9.24 Å². The van der Waals surface area contributed by atoms with Crippen LogP contribution in [0.2, 0.25) is 0 Å². The predicted molar refractivity (Wildman–Crippen MR) is 63.7 cm³/mol. The number of nitrogens with two attached hydrogens (primary N) is 1. The molecule has 7 heteroatoms. The van der Waals surface area contributed by atoms with E-state index in [1.165, 1.54) is 35.2 Å². The summed E-state index contributed by atoms with van der Waals surface area (Å²) in [5.41, 5.74) is 6.13. The van der Waals surface area contributed by atoms with Crippen molar-refractivity contribution in [2.45, 2.75) is 9.24 Å².